The van der Waals surface area contributed by atoms with E-state index in [0.29, 0.717) is 0 Å². The molecule has 3 heteroatoms. The molecule has 1 N–H and O–H groups in total. The summed E-state index contributed by atoms with van der Waals surface area (Å²) in [6.45, 7) is 9.74. The van der Waals surface area contributed by atoms with E-state index in [1.807, 2.05) is 0 Å². The lowest BCUT2D eigenvalue weighted by Gasteiger charge is -2.38. The van der Waals surface area contributed by atoms with Crippen LogP contribution in [0.4, 0.5) is 0 Å². The Morgan fingerprint density at radius 2 is 1.74 bits per heavy atom. The molecular formula is C16H33N3. The first-order chi connectivity index (χ1) is 9.29. The predicted molar refractivity (Wildman–Crippen MR) is 82.6 cm³/mol. The van der Waals surface area contributed by atoms with Crippen LogP contribution in [0.1, 0.15) is 45.4 Å². The van der Waals surface area contributed by atoms with Crippen LogP contribution in [0.3, 0.4) is 0 Å². The molecule has 1 heterocycles. The Morgan fingerprint density at radius 3 is 2.37 bits per heavy atom. The number of hydrogen-bond donors (Lipinski definition) is 1. The maximum absolute atomic E-state index is 3.84. The molecule has 0 aromatic rings. The molecule has 0 bridgehead atoms. The number of likely N-dealkylation sites (N-methyl/N-ethyl adjacent to an activating group) is 1. The van der Waals surface area contributed by atoms with Crippen LogP contribution in [0, 0.1) is 5.92 Å². The fraction of sp³-hybridized carbons (Fsp3) is 1.00. The highest BCUT2D eigenvalue weighted by Gasteiger charge is 2.26. The summed E-state index contributed by atoms with van der Waals surface area (Å²) in [5.74, 6) is 0.931. The second-order valence-electron chi connectivity index (χ2n) is 6.56. The molecule has 112 valence electrons. The third-order valence-electron chi connectivity index (χ3n) is 4.93. The third-order valence-corrected chi connectivity index (χ3v) is 4.93. The van der Waals surface area contributed by atoms with Crippen LogP contribution in [-0.4, -0.2) is 62.2 Å². The van der Waals surface area contributed by atoms with Gasteiger partial charge in [-0.2, -0.15) is 0 Å². The SMILES string of the molecule is CCCNC(CN1CCN(C)CC1)C1CCCCC1. The molecule has 0 aromatic carbocycles. The van der Waals surface area contributed by atoms with E-state index in [-0.39, 0.29) is 0 Å². The van der Waals surface area contributed by atoms with Crippen LogP contribution in [0.15, 0.2) is 0 Å². The van der Waals surface area contributed by atoms with E-state index >= 15 is 0 Å². The van der Waals surface area contributed by atoms with E-state index < -0.39 is 0 Å². The molecule has 1 unspecified atom stereocenters. The number of hydrogen-bond acceptors (Lipinski definition) is 3. The van der Waals surface area contributed by atoms with Gasteiger partial charge in [-0.05, 0) is 38.8 Å². The summed E-state index contributed by atoms with van der Waals surface area (Å²) in [6.07, 6.45) is 8.54. The Hall–Kier alpha value is -0.120. The summed E-state index contributed by atoms with van der Waals surface area (Å²) in [5.41, 5.74) is 0. The van der Waals surface area contributed by atoms with E-state index in [0.717, 1.165) is 12.0 Å². The van der Waals surface area contributed by atoms with Crippen LogP contribution in [0.2, 0.25) is 0 Å². The van der Waals surface area contributed by atoms with Crippen molar-refractivity contribution in [2.75, 3.05) is 46.3 Å². The van der Waals surface area contributed by atoms with Gasteiger partial charge in [-0.15, -0.1) is 0 Å². The molecule has 1 saturated carbocycles. The second-order valence-corrected chi connectivity index (χ2v) is 6.56. The molecule has 1 atom stereocenters. The minimum Gasteiger partial charge on any atom is -0.312 e. The maximum atomic E-state index is 3.84. The van der Waals surface area contributed by atoms with Crippen LogP contribution < -0.4 is 5.32 Å². The quantitative estimate of drug-likeness (QED) is 0.796. The van der Waals surface area contributed by atoms with Gasteiger partial charge in [0.1, 0.15) is 0 Å². The first-order valence-electron chi connectivity index (χ1n) is 8.44. The van der Waals surface area contributed by atoms with E-state index in [1.54, 1.807) is 0 Å². The lowest BCUT2D eigenvalue weighted by atomic mass is 9.83. The van der Waals surface area contributed by atoms with E-state index in [9.17, 15) is 0 Å². The first-order valence-corrected chi connectivity index (χ1v) is 8.44. The first kappa shape index (κ1) is 15.3. The van der Waals surface area contributed by atoms with Crippen molar-refractivity contribution in [1.82, 2.24) is 15.1 Å². The molecule has 0 amide bonds. The monoisotopic (exact) mass is 267 g/mol. The molecular weight excluding hydrogens is 234 g/mol. The molecule has 1 aliphatic heterocycles. The van der Waals surface area contributed by atoms with Gasteiger partial charge in [-0.3, -0.25) is 4.90 Å². The minimum absolute atomic E-state index is 0.739. The van der Waals surface area contributed by atoms with Crippen LogP contribution in [-0.2, 0) is 0 Å². The van der Waals surface area contributed by atoms with Crippen LogP contribution >= 0.6 is 0 Å². The standard InChI is InChI=1S/C16H33N3/c1-3-9-17-16(15-7-5-4-6-8-15)14-19-12-10-18(2)11-13-19/h15-17H,3-14H2,1-2H3. The molecule has 2 rings (SSSR count). The molecule has 1 aliphatic carbocycles. The molecule has 2 fully saturated rings. The number of nitrogens with one attached hydrogen (secondary N) is 1. The van der Waals surface area contributed by atoms with Crippen LogP contribution in [0.5, 0.6) is 0 Å². The molecule has 0 radical (unpaired) electrons. The van der Waals surface area contributed by atoms with Crippen molar-refractivity contribution in [1.29, 1.82) is 0 Å². The van der Waals surface area contributed by atoms with Crippen molar-refractivity contribution in [2.24, 2.45) is 5.92 Å². The van der Waals surface area contributed by atoms with Gasteiger partial charge < -0.3 is 10.2 Å². The molecule has 0 aromatic heterocycles. The van der Waals surface area contributed by atoms with Gasteiger partial charge in [0.2, 0.25) is 0 Å². The number of nitrogens with zero attached hydrogens (tertiary/aromatic N) is 2. The summed E-state index contributed by atoms with van der Waals surface area (Å²) in [7, 11) is 2.24. The molecule has 0 spiro atoms. The number of rotatable bonds is 6. The van der Waals surface area contributed by atoms with E-state index in [1.165, 1.54) is 77.8 Å². The van der Waals surface area contributed by atoms with Gasteiger partial charge in [0.15, 0.2) is 0 Å². The highest BCUT2D eigenvalue weighted by molar-refractivity contribution is 4.83. The Morgan fingerprint density at radius 1 is 1.05 bits per heavy atom. The smallest absolute Gasteiger partial charge is 0.0223 e. The fourth-order valence-corrected chi connectivity index (χ4v) is 3.56. The Balaban J connectivity index is 1.81. The summed E-state index contributed by atoms with van der Waals surface area (Å²) in [6, 6.07) is 0.739. The predicted octanol–water partition coefficient (Wildman–Crippen LogP) is 2.18. The molecule has 2 aliphatic rings. The lowest BCUT2D eigenvalue weighted by Crippen LogP contribution is -2.52. The molecule has 3 nitrogen and oxygen atoms in total. The van der Waals surface area contributed by atoms with Crippen molar-refractivity contribution in [3.63, 3.8) is 0 Å². The maximum Gasteiger partial charge on any atom is 0.0223 e. The van der Waals surface area contributed by atoms with Crippen molar-refractivity contribution in [3.8, 4) is 0 Å². The van der Waals surface area contributed by atoms with E-state index in [2.05, 4.69) is 29.1 Å². The largest absolute Gasteiger partial charge is 0.312 e. The van der Waals surface area contributed by atoms with Crippen molar-refractivity contribution in [3.05, 3.63) is 0 Å². The summed E-state index contributed by atoms with van der Waals surface area (Å²) in [5, 5.41) is 3.84. The zero-order valence-corrected chi connectivity index (χ0v) is 13.0. The Bertz CT molecular complexity index is 230. The summed E-state index contributed by atoms with van der Waals surface area (Å²) >= 11 is 0. The highest BCUT2D eigenvalue weighted by Crippen LogP contribution is 2.27. The summed E-state index contributed by atoms with van der Waals surface area (Å²) in [4.78, 5) is 5.13. The average molecular weight is 267 g/mol. The third kappa shape index (κ3) is 5.05. The summed E-state index contributed by atoms with van der Waals surface area (Å²) < 4.78 is 0. The fourth-order valence-electron chi connectivity index (χ4n) is 3.56. The van der Waals surface area contributed by atoms with Gasteiger partial charge in [0.05, 0.1) is 0 Å². The molecule has 19 heavy (non-hydrogen) atoms. The van der Waals surface area contributed by atoms with Crippen molar-refractivity contribution < 1.29 is 0 Å². The lowest BCUT2D eigenvalue weighted by molar-refractivity contribution is 0.122. The topological polar surface area (TPSA) is 18.5 Å². The minimum atomic E-state index is 0.739. The van der Waals surface area contributed by atoms with Gasteiger partial charge in [0, 0.05) is 38.8 Å². The number of piperazine rings is 1. The van der Waals surface area contributed by atoms with Crippen molar-refractivity contribution in [2.45, 2.75) is 51.5 Å². The Labute approximate surface area is 119 Å². The van der Waals surface area contributed by atoms with Gasteiger partial charge in [-0.25, -0.2) is 0 Å². The Kier molecular flexibility index (Phi) is 6.62. The zero-order chi connectivity index (χ0) is 13.5. The molecule has 1 saturated heterocycles. The normalized spacial score (nSPS) is 25.6. The average Bonchev–Trinajstić information content (AvgIpc) is 2.46. The zero-order valence-electron chi connectivity index (χ0n) is 13.0. The van der Waals surface area contributed by atoms with Gasteiger partial charge in [0.25, 0.3) is 0 Å². The van der Waals surface area contributed by atoms with Gasteiger partial charge >= 0.3 is 0 Å². The van der Waals surface area contributed by atoms with Crippen molar-refractivity contribution >= 4 is 0 Å². The van der Waals surface area contributed by atoms with E-state index in [4.69, 9.17) is 0 Å². The van der Waals surface area contributed by atoms with Gasteiger partial charge in [-0.1, -0.05) is 26.2 Å². The van der Waals surface area contributed by atoms with Crippen LogP contribution in [0.25, 0.3) is 0 Å². The second kappa shape index (κ2) is 8.23. The highest BCUT2D eigenvalue weighted by atomic mass is 15.3.